The number of aryl methyl sites for hydroxylation is 1. The van der Waals surface area contributed by atoms with E-state index in [1.165, 1.54) is 27.3 Å². The molecule has 0 amide bonds. The predicted octanol–water partition coefficient (Wildman–Crippen LogP) is 4.87. The molecule has 0 fully saturated rings. The van der Waals surface area contributed by atoms with Gasteiger partial charge in [0.15, 0.2) is 0 Å². The molecule has 0 N–H and O–H groups in total. The number of benzene rings is 3. The summed E-state index contributed by atoms with van der Waals surface area (Å²) in [5.41, 5.74) is 3.43. The van der Waals surface area contributed by atoms with Crippen molar-refractivity contribution >= 4 is 28.8 Å². The molecular formula is C27H25N2P. The summed E-state index contributed by atoms with van der Waals surface area (Å²) in [5, 5.41) is 4.25. The van der Waals surface area contributed by atoms with Gasteiger partial charge in [-0.3, -0.25) is 0 Å². The van der Waals surface area contributed by atoms with E-state index in [1.807, 2.05) is 0 Å². The third-order valence-electron chi connectivity index (χ3n) is 6.10. The average molecular weight is 408 g/mol. The molecular weight excluding hydrogens is 383 g/mol. The zero-order chi connectivity index (χ0) is 20.4. The normalized spacial score (nSPS) is 12.2. The van der Waals surface area contributed by atoms with E-state index in [2.05, 4.69) is 127 Å². The summed E-state index contributed by atoms with van der Waals surface area (Å²) in [6.07, 6.45) is 3.04. The summed E-state index contributed by atoms with van der Waals surface area (Å²) in [5.74, 6) is 0. The van der Waals surface area contributed by atoms with Crippen molar-refractivity contribution in [1.29, 1.82) is 0 Å². The molecule has 2 nitrogen and oxygen atoms in total. The van der Waals surface area contributed by atoms with Crippen LogP contribution in [-0.4, -0.2) is 9.38 Å². The fraction of sp³-hybridized carbons (Fsp3) is 0.0741. The Balaban J connectivity index is 1.80. The minimum atomic E-state index is -2.33. The number of hydrogen-bond donors (Lipinski definition) is 0. The Bertz CT molecular complexity index is 1170. The number of rotatable bonds is 5. The molecule has 0 atom stereocenters. The zero-order valence-electron chi connectivity index (χ0n) is 17.1. The van der Waals surface area contributed by atoms with Gasteiger partial charge in [0.1, 0.15) is 0 Å². The SMILES string of the molecule is Cc1c(C[PH](c2ccccc2)(c2ccccc2)c2ccccc2)nc2ccccn12. The molecule has 2 heterocycles. The number of nitrogens with zero attached hydrogens (tertiary/aromatic N) is 2. The maximum atomic E-state index is 5.07. The minimum absolute atomic E-state index is 0.929. The second-order valence-corrected chi connectivity index (χ2v) is 11.6. The van der Waals surface area contributed by atoms with Crippen LogP contribution in [0, 0.1) is 6.92 Å². The summed E-state index contributed by atoms with van der Waals surface area (Å²) in [7, 11) is -2.33. The molecule has 148 valence electrons. The van der Waals surface area contributed by atoms with Gasteiger partial charge in [-0.2, -0.15) is 0 Å². The Kier molecular flexibility index (Phi) is 4.94. The molecule has 30 heavy (non-hydrogen) atoms. The van der Waals surface area contributed by atoms with Gasteiger partial charge >= 0.3 is 178 Å². The van der Waals surface area contributed by atoms with Crippen LogP contribution >= 0.6 is 7.26 Å². The molecule has 0 unspecified atom stereocenters. The second-order valence-electron chi connectivity index (χ2n) is 7.75. The molecule has 0 aliphatic rings. The van der Waals surface area contributed by atoms with Crippen molar-refractivity contribution in [2.75, 3.05) is 0 Å². The van der Waals surface area contributed by atoms with Crippen molar-refractivity contribution in [3.63, 3.8) is 0 Å². The number of fused-ring (bicyclic) bond motifs is 1. The quantitative estimate of drug-likeness (QED) is 0.379. The summed E-state index contributed by atoms with van der Waals surface area (Å²) >= 11 is 0. The Morgan fingerprint density at radius 1 is 0.633 bits per heavy atom. The first-order valence-electron chi connectivity index (χ1n) is 10.4. The molecule has 3 aromatic carbocycles. The van der Waals surface area contributed by atoms with Gasteiger partial charge in [0.2, 0.25) is 0 Å². The Morgan fingerprint density at radius 2 is 1.10 bits per heavy atom. The van der Waals surface area contributed by atoms with Crippen molar-refractivity contribution in [2.24, 2.45) is 0 Å². The van der Waals surface area contributed by atoms with E-state index in [4.69, 9.17) is 4.98 Å². The van der Waals surface area contributed by atoms with Crippen molar-refractivity contribution < 1.29 is 0 Å². The molecule has 3 heteroatoms. The first kappa shape index (κ1) is 18.8. The fourth-order valence-corrected chi connectivity index (χ4v) is 9.29. The molecule has 0 bridgehead atoms. The van der Waals surface area contributed by atoms with Gasteiger partial charge in [-0.1, -0.05) is 0 Å². The van der Waals surface area contributed by atoms with Gasteiger partial charge in [0.05, 0.1) is 0 Å². The Morgan fingerprint density at radius 3 is 1.57 bits per heavy atom. The molecule has 0 saturated carbocycles. The topological polar surface area (TPSA) is 17.3 Å². The van der Waals surface area contributed by atoms with E-state index in [0.717, 1.165) is 11.8 Å². The second kappa shape index (κ2) is 7.89. The zero-order valence-corrected chi connectivity index (χ0v) is 18.1. The Labute approximate surface area is 178 Å². The number of imidazole rings is 1. The van der Waals surface area contributed by atoms with Crippen molar-refractivity contribution in [2.45, 2.75) is 13.1 Å². The van der Waals surface area contributed by atoms with E-state index in [0.29, 0.717) is 0 Å². The summed E-state index contributed by atoms with van der Waals surface area (Å²) in [6, 6.07) is 39.4. The Hall–Kier alpha value is -3.22. The van der Waals surface area contributed by atoms with Crippen LogP contribution in [0.1, 0.15) is 11.4 Å². The van der Waals surface area contributed by atoms with Gasteiger partial charge < -0.3 is 0 Å². The van der Waals surface area contributed by atoms with Gasteiger partial charge in [-0.25, -0.2) is 0 Å². The molecule has 0 aliphatic heterocycles. The molecule has 0 aliphatic carbocycles. The summed E-state index contributed by atoms with van der Waals surface area (Å²) in [6.45, 7) is 2.19. The third kappa shape index (κ3) is 3.14. The van der Waals surface area contributed by atoms with Gasteiger partial charge in [0.25, 0.3) is 0 Å². The number of aromatic nitrogens is 2. The fourth-order valence-electron chi connectivity index (χ4n) is 4.56. The van der Waals surface area contributed by atoms with Crippen molar-refractivity contribution in [3.05, 3.63) is 127 Å². The van der Waals surface area contributed by atoms with E-state index in [1.54, 1.807) is 0 Å². The van der Waals surface area contributed by atoms with Crippen LogP contribution in [0.25, 0.3) is 5.65 Å². The third-order valence-corrected chi connectivity index (χ3v) is 10.9. The van der Waals surface area contributed by atoms with E-state index in [-0.39, 0.29) is 0 Å². The maximum absolute atomic E-state index is 5.07. The van der Waals surface area contributed by atoms with Crippen molar-refractivity contribution in [1.82, 2.24) is 9.38 Å². The summed E-state index contributed by atoms with van der Waals surface area (Å²) in [4.78, 5) is 5.07. The van der Waals surface area contributed by atoms with Crippen LogP contribution in [-0.2, 0) is 6.16 Å². The first-order chi connectivity index (χ1) is 14.8. The van der Waals surface area contributed by atoms with Crippen LogP contribution in [0.5, 0.6) is 0 Å². The molecule has 0 saturated heterocycles. The van der Waals surface area contributed by atoms with E-state index < -0.39 is 7.26 Å². The standard InChI is InChI=1S/C27H25N2P/c1-22-26(28-27-19-11-12-20-29(22)27)21-30(23-13-5-2-6-14-23,24-15-7-3-8-16-24)25-17-9-4-10-18-25/h2-20,30H,21H2,1H3. The van der Waals surface area contributed by atoms with E-state index >= 15 is 0 Å². The molecule has 5 aromatic rings. The van der Waals surface area contributed by atoms with Gasteiger partial charge in [-0.15, -0.1) is 0 Å². The van der Waals surface area contributed by atoms with Crippen molar-refractivity contribution in [3.8, 4) is 0 Å². The first-order valence-corrected chi connectivity index (χ1v) is 12.6. The molecule has 0 radical (unpaired) electrons. The van der Waals surface area contributed by atoms with E-state index in [9.17, 15) is 0 Å². The monoisotopic (exact) mass is 408 g/mol. The van der Waals surface area contributed by atoms with Gasteiger partial charge in [0, 0.05) is 0 Å². The number of hydrogen-bond acceptors (Lipinski definition) is 1. The van der Waals surface area contributed by atoms with Crippen LogP contribution in [0.2, 0.25) is 0 Å². The molecule has 5 rings (SSSR count). The predicted molar refractivity (Wildman–Crippen MR) is 130 cm³/mol. The average Bonchev–Trinajstić information content (AvgIpc) is 3.14. The van der Waals surface area contributed by atoms with Crippen LogP contribution in [0.15, 0.2) is 115 Å². The molecule has 0 spiro atoms. The molecule has 2 aromatic heterocycles. The van der Waals surface area contributed by atoms with Crippen LogP contribution in [0.3, 0.4) is 0 Å². The number of pyridine rings is 1. The van der Waals surface area contributed by atoms with Crippen LogP contribution < -0.4 is 15.9 Å². The van der Waals surface area contributed by atoms with Gasteiger partial charge in [-0.05, 0) is 0 Å². The van der Waals surface area contributed by atoms with Crippen LogP contribution in [0.4, 0.5) is 0 Å². The summed E-state index contributed by atoms with van der Waals surface area (Å²) < 4.78 is 2.20.